The molecule has 6 N–H and O–H groups in total. The van der Waals surface area contributed by atoms with E-state index in [-0.39, 0.29) is 24.9 Å². The summed E-state index contributed by atoms with van der Waals surface area (Å²) in [5, 5.41) is 54.0. The van der Waals surface area contributed by atoms with Crippen LogP contribution in [0.2, 0.25) is 0 Å². The SMILES string of the molecule is CCCCC/C=C\CCCCCCCC(=O)OCCCCCCCC/C=C\C/C=C\CCC(=O)NC(COC1OC(CO)C(O)C(O)C1O)C(O)/C=C/CC/C=C/CCCCCC. The monoisotopic (exact) mass is 890 g/mol. The average molecular weight is 890 g/mol. The van der Waals surface area contributed by atoms with Crippen molar-refractivity contribution in [3.63, 3.8) is 0 Å². The lowest BCUT2D eigenvalue weighted by molar-refractivity contribution is -0.302. The van der Waals surface area contributed by atoms with E-state index in [1.54, 1.807) is 6.08 Å². The van der Waals surface area contributed by atoms with Gasteiger partial charge in [-0.25, -0.2) is 0 Å². The second-order valence-electron chi connectivity index (χ2n) is 17.1. The molecule has 0 saturated carbocycles. The van der Waals surface area contributed by atoms with E-state index in [2.05, 4.69) is 55.6 Å². The van der Waals surface area contributed by atoms with Crippen molar-refractivity contribution in [2.45, 2.75) is 236 Å². The number of allylic oxidation sites excluding steroid dienone is 9. The quantitative estimate of drug-likeness (QED) is 0.0197. The molecule has 1 aliphatic heterocycles. The number of aliphatic hydroxyl groups is 5. The van der Waals surface area contributed by atoms with Crippen molar-refractivity contribution in [2.75, 3.05) is 19.8 Å². The van der Waals surface area contributed by atoms with Crippen LogP contribution in [0.4, 0.5) is 0 Å². The van der Waals surface area contributed by atoms with Crippen LogP contribution in [0.15, 0.2) is 60.8 Å². The van der Waals surface area contributed by atoms with Crippen molar-refractivity contribution >= 4 is 11.9 Å². The number of unbranched alkanes of at least 4 members (excludes halogenated alkanes) is 19. The highest BCUT2D eigenvalue weighted by atomic mass is 16.7. The second kappa shape index (κ2) is 42.0. The lowest BCUT2D eigenvalue weighted by Gasteiger charge is -2.40. The Hall–Kier alpha value is -2.64. The van der Waals surface area contributed by atoms with Crippen LogP contribution in [-0.2, 0) is 23.8 Å². The predicted octanol–water partition coefficient (Wildman–Crippen LogP) is 9.94. The number of carbonyl (C=O) groups excluding carboxylic acids is 2. The first kappa shape index (κ1) is 58.4. The van der Waals surface area contributed by atoms with Gasteiger partial charge in [-0.3, -0.25) is 9.59 Å². The smallest absolute Gasteiger partial charge is 0.305 e. The molecule has 1 aliphatic rings. The Labute approximate surface area is 382 Å². The molecule has 63 heavy (non-hydrogen) atoms. The van der Waals surface area contributed by atoms with Crippen LogP contribution in [0.25, 0.3) is 0 Å². The molecular formula is C52H91NO10. The molecule has 7 atom stereocenters. The first-order valence-corrected chi connectivity index (χ1v) is 25.1. The summed E-state index contributed by atoms with van der Waals surface area (Å²) in [6, 6.07) is -0.871. The Morgan fingerprint density at radius 1 is 0.587 bits per heavy atom. The van der Waals surface area contributed by atoms with Crippen LogP contribution in [0.3, 0.4) is 0 Å². The maximum atomic E-state index is 12.9. The molecule has 1 amide bonds. The summed E-state index contributed by atoms with van der Waals surface area (Å²) in [4.78, 5) is 24.9. The van der Waals surface area contributed by atoms with Crippen molar-refractivity contribution in [1.82, 2.24) is 5.32 Å². The van der Waals surface area contributed by atoms with Gasteiger partial charge in [0, 0.05) is 12.8 Å². The van der Waals surface area contributed by atoms with Gasteiger partial charge in [-0.05, 0) is 89.9 Å². The number of rotatable bonds is 41. The van der Waals surface area contributed by atoms with Crippen LogP contribution in [0, 0.1) is 0 Å². The molecule has 364 valence electrons. The van der Waals surface area contributed by atoms with Gasteiger partial charge in [-0.2, -0.15) is 0 Å². The van der Waals surface area contributed by atoms with Gasteiger partial charge in [-0.15, -0.1) is 0 Å². The Morgan fingerprint density at radius 2 is 1.10 bits per heavy atom. The third-order valence-electron chi connectivity index (χ3n) is 11.3. The molecule has 0 aromatic heterocycles. The number of hydrogen-bond donors (Lipinski definition) is 6. The molecule has 11 nitrogen and oxygen atoms in total. The van der Waals surface area contributed by atoms with Gasteiger partial charge in [0.05, 0.1) is 32.0 Å². The van der Waals surface area contributed by atoms with Crippen LogP contribution in [-0.4, -0.2) is 100 Å². The first-order chi connectivity index (χ1) is 30.7. The van der Waals surface area contributed by atoms with E-state index in [1.165, 1.54) is 89.9 Å². The average Bonchev–Trinajstić information content (AvgIpc) is 3.28. The van der Waals surface area contributed by atoms with Crippen LogP contribution in [0.1, 0.15) is 194 Å². The summed E-state index contributed by atoms with van der Waals surface area (Å²) in [7, 11) is 0. The molecule has 0 radical (unpaired) electrons. The molecule has 0 aromatic rings. The van der Waals surface area contributed by atoms with E-state index < -0.39 is 49.5 Å². The number of carbonyl (C=O) groups is 2. The van der Waals surface area contributed by atoms with Crippen molar-refractivity contribution in [1.29, 1.82) is 0 Å². The van der Waals surface area contributed by atoms with E-state index in [0.29, 0.717) is 19.4 Å². The third-order valence-corrected chi connectivity index (χ3v) is 11.3. The second-order valence-corrected chi connectivity index (χ2v) is 17.1. The number of nitrogens with one attached hydrogen (secondary N) is 1. The van der Waals surface area contributed by atoms with Crippen molar-refractivity contribution < 1.29 is 49.3 Å². The molecule has 0 spiro atoms. The highest BCUT2D eigenvalue weighted by Gasteiger charge is 2.44. The van der Waals surface area contributed by atoms with Crippen LogP contribution >= 0.6 is 0 Å². The zero-order valence-electron chi connectivity index (χ0n) is 39.5. The molecule has 0 aliphatic carbocycles. The molecule has 1 heterocycles. The minimum absolute atomic E-state index is 0.0521. The highest BCUT2D eigenvalue weighted by Crippen LogP contribution is 2.22. The van der Waals surface area contributed by atoms with Gasteiger partial charge < -0.3 is 45.1 Å². The Kier molecular flexibility index (Phi) is 38.9. The summed E-state index contributed by atoms with van der Waals surface area (Å²) < 4.78 is 16.6. The fraction of sp³-hybridized carbons (Fsp3) is 0.769. The zero-order chi connectivity index (χ0) is 46.0. The topological polar surface area (TPSA) is 175 Å². The van der Waals surface area contributed by atoms with Gasteiger partial charge in [0.1, 0.15) is 24.4 Å². The molecular weight excluding hydrogens is 799 g/mol. The van der Waals surface area contributed by atoms with Crippen molar-refractivity contribution in [3.8, 4) is 0 Å². The fourth-order valence-electron chi connectivity index (χ4n) is 7.26. The van der Waals surface area contributed by atoms with Gasteiger partial charge in [-0.1, -0.05) is 152 Å². The zero-order valence-corrected chi connectivity index (χ0v) is 39.5. The van der Waals surface area contributed by atoms with Gasteiger partial charge >= 0.3 is 5.97 Å². The summed E-state index contributed by atoms with van der Waals surface area (Å²) in [5.41, 5.74) is 0. The Bertz CT molecular complexity index is 1230. The molecule has 1 fully saturated rings. The number of esters is 1. The highest BCUT2D eigenvalue weighted by molar-refractivity contribution is 5.76. The van der Waals surface area contributed by atoms with E-state index >= 15 is 0 Å². The first-order valence-electron chi connectivity index (χ1n) is 25.1. The Balaban J connectivity index is 2.23. The number of hydrogen-bond acceptors (Lipinski definition) is 10. The third kappa shape index (κ3) is 32.6. The number of aliphatic hydroxyl groups excluding tert-OH is 5. The number of amides is 1. The lowest BCUT2D eigenvalue weighted by atomic mass is 9.99. The fourth-order valence-corrected chi connectivity index (χ4v) is 7.26. The van der Waals surface area contributed by atoms with Crippen molar-refractivity contribution in [3.05, 3.63) is 60.8 Å². The van der Waals surface area contributed by atoms with Crippen LogP contribution < -0.4 is 5.32 Å². The molecule has 1 rings (SSSR count). The summed E-state index contributed by atoms with van der Waals surface area (Å²) in [5.74, 6) is -0.329. The minimum Gasteiger partial charge on any atom is -0.466 e. The molecule has 7 unspecified atom stereocenters. The molecule has 1 saturated heterocycles. The molecule has 0 aromatic carbocycles. The van der Waals surface area contributed by atoms with E-state index in [1.807, 2.05) is 18.2 Å². The molecule has 0 bridgehead atoms. The summed E-state index contributed by atoms with van der Waals surface area (Å²) in [6.07, 6.45) is 41.8. The van der Waals surface area contributed by atoms with Crippen molar-refractivity contribution in [2.24, 2.45) is 0 Å². The standard InChI is InChI=1S/C52H91NO10/c1-3-5-7-9-11-13-15-20-24-28-32-36-40-48(57)61-41-37-33-29-25-21-18-16-17-19-23-27-31-35-39-47(56)53-44(43-62-52-51(60)50(59)49(58)46(42-54)63-52)45(55)38-34-30-26-22-14-12-10-8-6-4-2/h11,13-14,17,19,22,27,31,34,38,44-46,49-52,54-55,58-60H,3-10,12,15-16,18,20-21,23-26,28-30,32-33,35-37,39-43H2,1-2H3,(H,53,56)/b13-11-,19-17-,22-14+,31-27-,38-34+. The maximum absolute atomic E-state index is 12.9. The van der Waals surface area contributed by atoms with Gasteiger partial charge in [0.25, 0.3) is 0 Å². The maximum Gasteiger partial charge on any atom is 0.305 e. The summed E-state index contributed by atoms with van der Waals surface area (Å²) in [6.45, 7) is 4.14. The minimum atomic E-state index is -1.59. The van der Waals surface area contributed by atoms with Crippen LogP contribution in [0.5, 0.6) is 0 Å². The van der Waals surface area contributed by atoms with E-state index in [4.69, 9.17) is 14.2 Å². The van der Waals surface area contributed by atoms with Gasteiger partial charge in [0.15, 0.2) is 6.29 Å². The largest absolute Gasteiger partial charge is 0.466 e. The lowest BCUT2D eigenvalue weighted by Crippen LogP contribution is -2.60. The van der Waals surface area contributed by atoms with E-state index in [0.717, 1.165) is 70.6 Å². The molecule has 11 heteroatoms. The predicted molar refractivity (Wildman–Crippen MR) is 255 cm³/mol. The summed E-state index contributed by atoms with van der Waals surface area (Å²) >= 11 is 0. The normalized spacial score (nSPS) is 20.5. The van der Waals surface area contributed by atoms with Gasteiger partial charge in [0.2, 0.25) is 5.91 Å². The number of ether oxygens (including phenoxy) is 3. The van der Waals surface area contributed by atoms with E-state index in [9.17, 15) is 35.1 Å². The Morgan fingerprint density at radius 3 is 1.73 bits per heavy atom.